The van der Waals surface area contributed by atoms with E-state index in [-0.39, 0.29) is 17.9 Å². The summed E-state index contributed by atoms with van der Waals surface area (Å²) >= 11 is 1.37. The van der Waals surface area contributed by atoms with Crippen molar-refractivity contribution >= 4 is 17.2 Å². The summed E-state index contributed by atoms with van der Waals surface area (Å²) in [6, 6.07) is 7.12. The number of benzene rings is 1. The predicted octanol–water partition coefficient (Wildman–Crippen LogP) is 3.70. The maximum atomic E-state index is 13.8. The first-order valence-electron chi connectivity index (χ1n) is 6.44. The van der Waals surface area contributed by atoms with Crippen LogP contribution in [0.4, 0.5) is 8.78 Å². The van der Waals surface area contributed by atoms with E-state index in [1.165, 1.54) is 23.5 Å². The average Bonchev–Trinajstić information content (AvgIpc) is 2.91. The Kier molecular flexibility index (Phi) is 3.53. The molecule has 0 saturated heterocycles. The Morgan fingerprint density at radius 2 is 2.10 bits per heavy atom. The molecule has 2 atom stereocenters. The predicted molar refractivity (Wildman–Crippen MR) is 73.9 cm³/mol. The van der Waals surface area contributed by atoms with Crippen LogP contribution in [0.1, 0.15) is 34.0 Å². The number of carbonyl (C=O) groups is 1. The fourth-order valence-electron chi connectivity index (χ4n) is 2.49. The van der Waals surface area contributed by atoms with Crippen molar-refractivity contribution in [2.75, 3.05) is 0 Å². The molecule has 0 aliphatic heterocycles. The third kappa shape index (κ3) is 2.45. The fourth-order valence-corrected chi connectivity index (χ4v) is 3.12. The van der Waals surface area contributed by atoms with E-state index in [1.807, 2.05) is 11.4 Å². The van der Waals surface area contributed by atoms with Gasteiger partial charge in [0.15, 0.2) is 0 Å². The van der Waals surface area contributed by atoms with Gasteiger partial charge in [0.2, 0.25) is 0 Å². The van der Waals surface area contributed by atoms with Gasteiger partial charge in [0, 0.05) is 18.0 Å². The number of nitrogens with one attached hydrogen (secondary N) is 1. The highest BCUT2D eigenvalue weighted by atomic mass is 32.1. The third-order valence-corrected chi connectivity index (χ3v) is 4.57. The van der Waals surface area contributed by atoms with Crippen LogP contribution < -0.4 is 5.32 Å². The lowest BCUT2D eigenvalue weighted by Crippen LogP contribution is -2.45. The van der Waals surface area contributed by atoms with Crippen molar-refractivity contribution in [2.24, 2.45) is 0 Å². The Bertz CT molecular complexity index is 627. The molecule has 5 heteroatoms. The van der Waals surface area contributed by atoms with E-state index in [1.54, 1.807) is 6.07 Å². The Hall–Kier alpha value is -1.75. The van der Waals surface area contributed by atoms with Crippen molar-refractivity contribution < 1.29 is 13.6 Å². The molecule has 0 radical (unpaired) electrons. The minimum Gasteiger partial charge on any atom is -0.348 e. The molecule has 3 rings (SSSR count). The van der Waals surface area contributed by atoms with E-state index >= 15 is 0 Å². The highest BCUT2D eigenvalue weighted by Crippen LogP contribution is 2.38. The van der Waals surface area contributed by atoms with Crippen LogP contribution in [-0.2, 0) is 0 Å². The maximum absolute atomic E-state index is 13.8. The minimum atomic E-state index is -0.579. The van der Waals surface area contributed by atoms with Crippen LogP contribution in [0, 0.1) is 11.6 Å². The number of carbonyl (C=O) groups excluding carboxylic acids is 1. The topological polar surface area (TPSA) is 29.1 Å². The molecule has 104 valence electrons. The first-order valence-corrected chi connectivity index (χ1v) is 7.32. The number of halogens is 2. The van der Waals surface area contributed by atoms with E-state index < -0.39 is 11.6 Å². The van der Waals surface area contributed by atoms with Crippen molar-refractivity contribution in [3.05, 3.63) is 57.8 Å². The van der Waals surface area contributed by atoms with Gasteiger partial charge in [-0.25, -0.2) is 8.78 Å². The lowest BCUT2D eigenvalue weighted by Gasteiger charge is -2.37. The Labute approximate surface area is 119 Å². The molecule has 1 aromatic heterocycles. The van der Waals surface area contributed by atoms with E-state index in [9.17, 15) is 13.6 Å². The van der Waals surface area contributed by atoms with E-state index in [4.69, 9.17) is 0 Å². The highest BCUT2D eigenvalue weighted by molar-refractivity contribution is 7.12. The summed E-state index contributed by atoms with van der Waals surface area (Å²) in [6.07, 6.45) is 1.62. The van der Waals surface area contributed by atoms with Gasteiger partial charge in [-0.15, -0.1) is 11.3 Å². The van der Waals surface area contributed by atoms with Gasteiger partial charge in [-0.2, -0.15) is 0 Å². The molecule has 0 bridgehead atoms. The second kappa shape index (κ2) is 5.32. The second-order valence-electron chi connectivity index (χ2n) is 4.91. The Morgan fingerprint density at radius 1 is 1.25 bits per heavy atom. The molecule has 2 nitrogen and oxygen atoms in total. The highest BCUT2D eigenvalue weighted by Gasteiger charge is 2.35. The number of amides is 1. The molecule has 1 aliphatic rings. The quantitative estimate of drug-likeness (QED) is 0.918. The van der Waals surface area contributed by atoms with E-state index in [2.05, 4.69) is 5.32 Å². The van der Waals surface area contributed by atoms with Crippen LogP contribution in [0.15, 0.2) is 35.7 Å². The number of hydrogen-bond acceptors (Lipinski definition) is 2. The minimum absolute atomic E-state index is 0.0699. The van der Waals surface area contributed by atoms with Gasteiger partial charge in [-0.3, -0.25) is 4.79 Å². The first kappa shape index (κ1) is 13.2. The van der Waals surface area contributed by atoms with Crippen LogP contribution in [-0.4, -0.2) is 11.9 Å². The van der Waals surface area contributed by atoms with Crippen LogP contribution in [0.5, 0.6) is 0 Å². The van der Waals surface area contributed by atoms with Crippen molar-refractivity contribution in [1.82, 2.24) is 5.32 Å². The number of hydrogen-bond donors (Lipinski definition) is 1. The summed E-state index contributed by atoms with van der Waals surface area (Å²) in [7, 11) is 0. The van der Waals surface area contributed by atoms with Gasteiger partial charge < -0.3 is 5.32 Å². The fraction of sp³-hybridized carbons (Fsp3) is 0.267. The summed E-state index contributed by atoms with van der Waals surface area (Å²) in [4.78, 5) is 12.6. The van der Waals surface area contributed by atoms with Crippen LogP contribution >= 0.6 is 11.3 Å². The van der Waals surface area contributed by atoms with Gasteiger partial charge >= 0.3 is 0 Å². The Balaban J connectivity index is 1.72. The van der Waals surface area contributed by atoms with Crippen LogP contribution in [0.2, 0.25) is 0 Å². The van der Waals surface area contributed by atoms with Crippen LogP contribution in [0.25, 0.3) is 0 Å². The van der Waals surface area contributed by atoms with Crippen molar-refractivity contribution in [3.63, 3.8) is 0 Å². The maximum Gasteiger partial charge on any atom is 0.261 e. The van der Waals surface area contributed by atoms with Gasteiger partial charge in [-0.1, -0.05) is 12.1 Å². The zero-order chi connectivity index (χ0) is 14.1. The summed E-state index contributed by atoms with van der Waals surface area (Å²) in [5.74, 6) is -1.31. The molecule has 0 unspecified atom stereocenters. The van der Waals surface area contributed by atoms with Crippen molar-refractivity contribution in [2.45, 2.75) is 24.8 Å². The zero-order valence-corrected chi connectivity index (χ0v) is 11.4. The summed E-state index contributed by atoms with van der Waals surface area (Å²) in [5.41, 5.74) is 0.481. The number of thiophene rings is 1. The van der Waals surface area contributed by atoms with Crippen molar-refractivity contribution in [3.8, 4) is 0 Å². The summed E-state index contributed by atoms with van der Waals surface area (Å²) in [5, 5.41) is 4.76. The normalized spacial score (nSPS) is 21.3. The molecule has 1 N–H and O–H groups in total. The lowest BCUT2D eigenvalue weighted by molar-refractivity contribution is 0.0908. The molecule has 20 heavy (non-hydrogen) atoms. The Morgan fingerprint density at radius 3 is 2.70 bits per heavy atom. The standard InChI is InChI=1S/C15H13F2NOS/c16-9-3-4-10(12(17)8-9)11-5-6-13(11)18-15(19)14-2-1-7-20-14/h1-4,7-8,11,13H,5-6H2,(H,18,19)/t11-,13-/m0/s1. The zero-order valence-electron chi connectivity index (χ0n) is 10.6. The second-order valence-corrected chi connectivity index (χ2v) is 5.85. The largest absolute Gasteiger partial charge is 0.348 e. The van der Waals surface area contributed by atoms with Gasteiger partial charge in [0.05, 0.1) is 4.88 Å². The summed E-state index contributed by atoms with van der Waals surface area (Å²) in [6.45, 7) is 0. The van der Waals surface area contributed by atoms with Crippen LogP contribution in [0.3, 0.4) is 0 Å². The first-order chi connectivity index (χ1) is 9.65. The molecule has 1 aliphatic carbocycles. The number of rotatable bonds is 3. The monoisotopic (exact) mass is 293 g/mol. The molecule has 0 spiro atoms. The molecule has 1 fully saturated rings. The molecule has 1 amide bonds. The molecule has 2 aromatic rings. The lowest BCUT2D eigenvalue weighted by atomic mass is 9.75. The third-order valence-electron chi connectivity index (χ3n) is 3.70. The molecular weight excluding hydrogens is 280 g/mol. The molecular formula is C15H13F2NOS. The van der Waals surface area contributed by atoms with Gasteiger partial charge in [0.1, 0.15) is 11.6 Å². The molecule has 1 heterocycles. The molecule has 1 aromatic carbocycles. The smallest absolute Gasteiger partial charge is 0.261 e. The average molecular weight is 293 g/mol. The van der Waals surface area contributed by atoms with Gasteiger partial charge in [0.25, 0.3) is 5.91 Å². The summed E-state index contributed by atoms with van der Waals surface area (Å²) < 4.78 is 26.7. The molecule has 1 saturated carbocycles. The van der Waals surface area contributed by atoms with E-state index in [0.29, 0.717) is 10.4 Å². The van der Waals surface area contributed by atoms with Crippen molar-refractivity contribution in [1.29, 1.82) is 0 Å². The van der Waals surface area contributed by atoms with E-state index in [0.717, 1.165) is 18.9 Å². The van der Waals surface area contributed by atoms with Gasteiger partial charge in [-0.05, 0) is 35.9 Å². The SMILES string of the molecule is O=C(N[C@H]1CC[C@H]1c1ccc(F)cc1F)c1cccs1.